The number of rotatable bonds is 0. The van der Waals surface area contributed by atoms with Crippen LogP contribution in [0, 0.1) is 5.82 Å². The lowest BCUT2D eigenvalue weighted by atomic mass is 10.1. The van der Waals surface area contributed by atoms with Crippen molar-refractivity contribution in [1.82, 2.24) is 9.78 Å². The molecule has 2 aromatic rings. The van der Waals surface area contributed by atoms with Crippen LogP contribution in [-0.4, -0.2) is 9.78 Å². The second-order valence-electron chi connectivity index (χ2n) is 3.91. The van der Waals surface area contributed by atoms with E-state index in [9.17, 15) is 4.39 Å². The van der Waals surface area contributed by atoms with Crippen LogP contribution in [0.3, 0.4) is 0 Å². The zero-order chi connectivity index (χ0) is 10.4. The number of nitrogens with zero attached hydrogens (tertiary/aromatic N) is 2. The first-order chi connectivity index (χ1) is 7.25. The molecule has 0 bridgehead atoms. The number of aromatic nitrogens is 2. The third-order valence-corrected chi connectivity index (χ3v) is 3.36. The highest BCUT2D eigenvalue weighted by Crippen LogP contribution is 2.28. The molecule has 2 heterocycles. The molecule has 0 radical (unpaired) electrons. The molecule has 0 unspecified atom stereocenters. The van der Waals surface area contributed by atoms with Crippen LogP contribution in [-0.2, 0) is 13.0 Å². The number of hydrogen-bond donors (Lipinski definition) is 0. The van der Waals surface area contributed by atoms with Crippen LogP contribution >= 0.6 is 15.9 Å². The molecule has 0 amide bonds. The van der Waals surface area contributed by atoms with Gasteiger partial charge in [-0.3, -0.25) is 4.68 Å². The van der Waals surface area contributed by atoms with E-state index in [0.717, 1.165) is 29.2 Å². The Kier molecular flexibility index (Phi) is 2.06. The third kappa shape index (κ3) is 1.39. The fourth-order valence-corrected chi connectivity index (χ4v) is 2.64. The van der Waals surface area contributed by atoms with Crippen LogP contribution in [0.1, 0.15) is 18.5 Å². The quantitative estimate of drug-likeness (QED) is 0.717. The lowest BCUT2D eigenvalue weighted by Gasteiger charge is -2.12. The van der Waals surface area contributed by atoms with E-state index in [-0.39, 0.29) is 5.82 Å². The van der Waals surface area contributed by atoms with E-state index in [1.54, 1.807) is 0 Å². The smallest absolute Gasteiger partial charge is 0.152 e. The molecule has 0 saturated carbocycles. The highest BCUT2D eigenvalue weighted by Gasteiger charge is 2.17. The molecule has 0 atom stereocenters. The molecular formula is C11H10BrFN2. The van der Waals surface area contributed by atoms with Gasteiger partial charge in [0.15, 0.2) is 5.82 Å². The molecule has 78 valence electrons. The summed E-state index contributed by atoms with van der Waals surface area (Å²) in [6, 6.07) is 3.43. The highest BCUT2D eigenvalue weighted by atomic mass is 79.9. The second kappa shape index (κ2) is 3.30. The minimum Gasteiger partial charge on any atom is -0.268 e. The molecule has 0 aliphatic carbocycles. The van der Waals surface area contributed by atoms with E-state index in [2.05, 4.69) is 21.0 Å². The number of benzene rings is 1. The number of fused-ring (bicyclic) bond motifs is 3. The minimum absolute atomic E-state index is 0.235. The Morgan fingerprint density at radius 2 is 2.20 bits per heavy atom. The normalized spacial score (nSPS) is 15.6. The zero-order valence-corrected chi connectivity index (χ0v) is 9.72. The first kappa shape index (κ1) is 9.33. The molecule has 15 heavy (non-hydrogen) atoms. The highest BCUT2D eigenvalue weighted by molar-refractivity contribution is 9.10. The van der Waals surface area contributed by atoms with Gasteiger partial charge in [0.1, 0.15) is 5.52 Å². The third-order valence-electron chi connectivity index (χ3n) is 2.90. The van der Waals surface area contributed by atoms with Gasteiger partial charge in [-0.05, 0) is 31.4 Å². The molecular weight excluding hydrogens is 259 g/mol. The molecule has 4 heteroatoms. The van der Waals surface area contributed by atoms with E-state index >= 15 is 0 Å². The zero-order valence-electron chi connectivity index (χ0n) is 8.13. The second-order valence-corrected chi connectivity index (χ2v) is 4.83. The molecule has 1 aliphatic heterocycles. The predicted molar refractivity (Wildman–Crippen MR) is 60.3 cm³/mol. The Bertz CT molecular complexity index is 533. The van der Waals surface area contributed by atoms with Crippen molar-refractivity contribution in [3.8, 4) is 0 Å². The average Bonchev–Trinajstić information content (AvgIpc) is 2.57. The average molecular weight is 269 g/mol. The molecule has 0 fully saturated rings. The minimum atomic E-state index is -0.235. The standard InChI is InChI=1S/C11H10BrFN2/c12-7-5-8-10-3-1-2-4-15(10)14-11(8)9(13)6-7/h5-6H,1-4H2. The monoisotopic (exact) mass is 268 g/mol. The van der Waals surface area contributed by atoms with E-state index in [0.29, 0.717) is 5.52 Å². The van der Waals surface area contributed by atoms with Gasteiger partial charge in [-0.15, -0.1) is 0 Å². The van der Waals surface area contributed by atoms with Gasteiger partial charge in [-0.2, -0.15) is 5.10 Å². The molecule has 3 rings (SSSR count). The SMILES string of the molecule is Fc1cc(Br)cc2c3n(nc12)CCCC3. The Morgan fingerprint density at radius 3 is 3.07 bits per heavy atom. The van der Waals surface area contributed by atoms with Crippen LogP contribution < -0.4 is 0 Å². The molecule has 1 aromatic heterocycles. The summed E-state index contributed by atoms with van der Waals surface area (Å²) in [5.41, 5.74) is 1.69. The maximum Gasteiger partial charge on any atom is 0.152 e. The Labute approximate surface area is 95.2 Å². The van der Waals surface area contributed by atoms with Crippen LogP contribution in [0.15, 0.2) is 16.6 Å². The van der Waals surface area contributed by atoms with Crippen molar-refractivity contribution >= 4 is 26.8 Å². The summed E-state index contributed by atoms with van der Waals surface area (Å²) in [7, 11) is 0. The molecule has 0 N–H and O–H groups in total. The maximum absolute atomic E-state index is 13.6. The van der Waals surface area contributed by atoms with Gasteiger partial charge in [0.25, 0.3) is 0 Å². The summed E-state index contributed by atoms with van der Waals surface area (Å²) in [5, 5.41) is 5.27. The van der Waals surface area contributed by atoms with E-state index in [1.165, 1.54) is 18.2 Å². The van der Waals surface area contributed by atoms with Crippen LogP contribution in [0.4, 0.5) is 4.39 Å². The summed E-state index contributed by atoms with van der Waals surface area (Å²) < 4.78 is 16.4. The molecule has 0 spiro atoms. The summed E-state index contributed by atoms with van der Waals surface area (Å²) in [4.78, 5) is 0. The van der Waals surface area contributed by atoms with E-state index < -0.39 is 0 Å². The lowest BCUT2D eigenvalue weighted by molar-refractivity contribution is 0.489. The van der Waals surface area contributed by atoms with Gasteiger partial charge in [0.05, 0.1) is 0 Å². The first-order valence-corrected chi connectivity index (χ1v) is 5.89. The Morgan fingerprint density at radius 1 is 1.33 bits per heavy atom. The Balaban J connectivity index is 2.37. The van der Waals surface area contributed by atoms with Crippen molar-refractivity contribution in [2.24, 2.45) is 0 Å². The van der Waals surface area contributed by atoms with Crippen molar-refractivity contribution in [2.75, 3.05) is 0 Å². The maximum atomic E-state index is 13.6. The van der Waals surface area contributed by atoms with Gasteiger partial charge < -0.3 is 0 Å². The van der Waals surface area contributed by atoms with Crippen molar-refractivity contribution < 1.29 is 4.39 Å². The topological polar surface area (TPSA) is 17.8 Å². The predicted octanol–water partition coefficient (Wildman–Crippen LogP) is 3.27. The Hall–Kier alpha value is -0.900. The van der Waals surface area contributed by atoms with Crippen LogP contribution in [0.2, 0.25) is 0 Å². The van der Waals surface area contributed by atoms with Crippen molar-refractivity contribution in [3.05, 3.63) is 28.1 Å². The molecule has 1 aromatic carbocycles. The number of hydrogen-bond acceptors (Lipinski definition) is 1. The first-order valence-electron chi connectivity index (χ1n) is 5.10. The van der Waals surface area contributed by atoms with Crippen LogP contribution in [0.25, 0.3) is 10.9 Å². The summed E-state index contributed by atoms with van der Waals surface area (Å²) in [6.07, 6.45) is 3.32. The van der Waals surface area contributed by atoms with Gasteiger partial charge in [-0.1, -0.05) is 15.9 Å². The fraction of sp³-hybridized carbons (Fsp3) is 0.364. The molecule has 0 saturated heterocycles. The summed E-state index contributed by atoms with van der Waals surface area (Å²) in [6.45, 7) is 0.918. The van der Waals surface area contributed by atoms with Gasteiger partial charge >= 0.3 is 0 Å². The summed E-state index contributed by atoms with van der Waals surface area (Å²) >= 11 is 3.32. The van der Waals surface area contributed by atoms with Crippen molar-refractivity contribution in [1.29, 1.82) is 0 Å². The van der Waals surface area contributed by atoms with E-state index in [4.69, 9.17) is 0 Å². The van der Waals surface area contributed by atoms with Gasteiger partial charge in [-0.25, -0.2) is 4.39 Å². The van der Waals surface area contributed by atoms with Crippen molar-refractivity contribution in [3.63, 3.8) is 0 Å². The molecule has 1 aliphatic rings. The largest absolute Gasteiger partial charge is 0.268 e. The lowest BCUT2D eigenvalue weighted by Crippen LogP contribution is -2.10. The number of halogens is 2. The van der Waals surface area contributed by atoms with Crippen molar-refractivity contribution in [2.45, 2.75) is 25.8 Å². The van der Waals surface area contributed by atoms with Crippen LogP contribution in [0.5, 0.6) is 0 Å². The van der Waals surface area contributed by atoms with Gasteiger partial charge in [0, 0.05) is 22.1 Å². The number of aryl methyl sites for hydroxylation is 2. The summed E-state index contributed by atoms with van der Waals surface area (Å²) in [5.74, 6) is -0.235. The van der Waals surface area contributed by atoms with E-state index in [1.807, 2.05) is 10.7 Å². The fourth-order valence-electron chi connectivity index (χ4n) is 2.21. The molecule has 2 nitrogen and oxygen atoms in total. The van der Waals surface area contributed by atoms with Gasteiger partial charge in [0.2, 0.25) is 0 Å².